The van der Waals surface area contributed by atoms with Crippen LogP contribution in [0.25, 0.3) is 0 Å². The first-order valence-electron chi connectivity index (χ1n) is 4.50. The summed E-state index contributed by atoms with van der Waals surface area (Å²) < 4.78 is 5.40. The zero-order chi connectivity index (χ0) is 10.8. The molecule has 0 atom stereocenters. The fourth-order valence-electron chi connectivity index (χ4n) is 1.16. The third kappa shape index (κ3) is 1.89. The van der Waals surface area contributed by atoms with E-state index in [0.29, 0.717) is 0 Å². The molecule has 0 amide bonds. The Hall–Kier alpha value is -2.09. The zero-order valence-corrected chi connectivity index (χ0v) is 7.80. The van der Waals surface area contributed by atoms with Gasteiger partial charge in [-0.1, -0.05) is 0 Å². The minimum absolute atomic E-state index is 0.0533. The zero-order valence-electron chi connectivity index (χ0n) is 7.80. The number of carboxylic acid groups (broad SMARTS) is 1. The molecule has 0 spiro atoms. The van der Waals surface area contributed by atoms with Crippen molar-refractivity contribution in [2.75, 3.05) is 0 Å². The quantitative estimate of drug-likeness (QED) is 0.799. The standard InChI is InChI=1S/C10H8N2O3/c11-3-6-4-12-5-8(10(13)14)9(6)15-7-1-2-7/h4-5,7H,1-2H2,(H,13,14). The Bertz CT molecular complexity index is 446. The molecule has 0 aromatic carbocycles. The van der Waals surface area contributed by atoms with Crippen LogP contribution in [0.1, 0.15) is 28.8 Å². The van der Waals surface area contributed by atoms with E-state index in [1.54, 1.807) is 0 Å². The Kier molecular flexibility index (Phi) is 2.26. The summed E-state index contributed by atoms with van der Waals surface area (Å²) in [4.78, 5) is 14.5. The number of pyridine rings is 1. The molecule has 0 radical (unpaired) electrons. The first-order valence-corrected chi connectivity index (χ1v) is 4.50. The van der Waals surface area contributed by atoms with Crippen LogP contribution >= 0.6 is 0 Å². The fourth-order valence-corrected chi connectivity index (χ4v) is 1.16. The third-order valence-corrected chi connectivity index (χ3v) is 2.06. The largest absolute Gasteiger partial charge is 0.488 e. The lowest BCUT2D eigenvalue weighted by Gasteiger charge is -2.08. The van der Waals surface area contributed by atoms with Gasteiger partial charge >= 0.3 is 5.97 Å². The van der Waals surface area contributed by atoms with Gasteiger partial charge in [-0.2, -0.15) is 5.26 Å². The van der Waals surface area contributed by atoms with Crippen LogP contribution in [0.2, 0.25) is 0 Å². The highest BCUT2D eigenvalue weighted by Crippen LogP contribution is 2.31. The van der Waals surface area contributed by atoms with Crippen molar-refractivity contribution < 1.29 is 14.6 Å². The van der Waals surface area contributed by atoms with Crippen LogP contribution in [0.3, 0.4) is 0 Å². The van der Waals surface area contributed by atoms with Gasteiger partial charge in [0, 0.05) is 12.4 Å². The van der Waals surface area contributed by atoms with Gasteiger partial charge in [0.05, 0.1) is 6.10 Å². The van der Waals surface area contributed by atoms with Crippen molar-refractivity contribution in [3.8, 4) is 11.8 Å². The minimum Gasteiger partial charge on any atom is -0.488 e. The minimum atomic E-state index is -1.13. The Morgan fingerprint density at radius 2 is 2.33 bits per heavy atom. The van der Waals surface area contributed by atoms with Crippen molar-refractivity contribution in [1.29, 1.82) is 5.26 Å². The highest BCUT2D eigenvalue weighted by atomic mass is 16.5. The molecule has 1 heterocycles. The second-order valence-corrected chi connectivity index (χ2v) is 3.30. The van der Waals surface area contributed by atoms with Crippen LogP contribution in [-0.2, 0) is 0 Å². The van der Waals surface area contributed by atoms with Crippen molar-refractivity contribution in [1.82, 2.24) is 4.98 Å². The number of ether oxygens (including phenoxy) is 1. The van der Waals surface area contributed by atoms with Gasteiger partial charge in [-0.3, -0.25) is 4.98 Å². The number of nitrogens with zero attached hydrogens (tertiary/aromatic N) is 2. The van der Waals surface area contributed by atoms with Crippen molar-refractivity contribution in [3.63, 3.8) is 0 Å². The second-order valence-electron chi connectivity index (χ2n) is 3.30. The summed E-state index contributed by atoms with van der Waals surface area (Å²) in [6, 6.07) is 1.87. The maximum atomic E-state index is 10.9. The molecule has 1 aliphatic carbocycles. The van der Waals surface area contributed by atoms with E-state index in [1.807, 2.05) is 6.07 Å². The number of carboxylic acids is 1. The first kappa shape index (κ1) is 9.46. The van der Waals surface area contributed by atoms with E-state index in [2.05, 4.69) is 4.98 Å². The third-order valence-electron chi connectivity index (χ3n) is 2.06. The highest BCUT2D eigenvalue weighted by molar-refractivity contribution is 5.91. The maximum absolute atomic E-state index is 10.9. The van der Waals surface area contributed by atoms with Crippen molar-refractivity contribution in [2.45, 2.75) is 18.9 Å². The summed E-state index contributed by atoms with van der Waals surface area (Å²) in [5.74, 6) is -0.988. The average molecular weight is 204 g/mol. The molecular weight excluding hydrogens is 196 g/mol. The van der Waals surface area contributed by atoms with Gasteiger partial charge in [-0.25, -0.2) is 4.79 Å². The lowest BCUT2D eigenvalue weighted by atomic mass is 10.2. The molecule has 0 saturated heterocycles. The molecule has 1 fully saturated rings. The van der Waals surface area contributed by atoms with Crippen LogP contribution in [0.15, 0.2) is 12.4 Å². The first-order chi connectivity index (χ1) is 7.22. The molecule has 1 aliphatic rings. The molecule has 1 aromatic rings. The Morgan fingerprint density at radius 1 is 1.60 bits per heavy atom. The van der Waals surface area contributed by atoms with Crippen molar-refractivity contribution in [2.24, 2.45) is 0 Å². The van der Waals surface area contributed by atoms with Crippen LogP contribution in [0.4, 0.5) is 0 Å². The monoisotopic (exact) mass is 204 g/mol. The summed E-state index contributed by atoms with van der Waals surface area (Å²) in [7, 11) is 0. The number of carbonyl (C=O) groups is 1. The van der Waals surface area contributed by atoms with Crippen LogP contribution in [0, 0.1) is 11.3 Å². The average Bonchev–Trinajstić information content (AvgIpc) is 3.01. The van der Waals surface area contributed by atoms with Gasteiger partial charge in [0.25, 0.3) is 0 Å². The predicted octanol–water partition coefficient (Wildman–Crippen LogP) is 1.19. The van der Waals surface area contributed by atoms with E-state index in [1.165, 1.54) is 12.4 Å². The van der Waals surface area contributed by atoms with Gasteiger partial charge in [0.15, 0.2) is 5.75 Å². The predicted molar refractivity (Wildman–Crippen MR) is 49.6 cm³/mol. The van der Waals surface area contributed by atoms with Gasteiger partial charge in [0.1, 0.15) is 17.2 Å². The molecular formula is C10H8N2O3. The number of aromatic carboxylic acids is 1. The van der Waals surface area contributed by atoms with E-state index in [-0.39, 0.29) is 23.0 Å². The summed E-state index contributed by atoms with van der Waals surface area (Å²) in [6.07, 6.45) is 4.38. The van der Waals surface area contributed by atoms with Gasteiger partial charge in [-0.15, -0.1) is 0 Å². The Labute approximate surface area is 85.9 Å². The van der Waals surface area contributed by atoms with Crippen LogP contribution in [-0.4, -0.2) is 22.2 Å². The Morgan fingerprint density at radius 3 is 2.87 bits per heavy atom. The second kappa shape index (κ2) is 3.58. The lowest BCUT2D eigenvalue weighted by molar-refractivity contribution is 0.0691. The van der Waals surface area contributed by atoms with Crippen LogP contribution in [0.5, 0.6) is 5.75 Å². The number of nitriles is 1. The van der Waals surface area contributed by atoms with Crippen LogP contribution < -0.4 is 4.74 Å². The van der Waals surface area contributed by atoms with Gasteiger partial charge in [-0.05, 0) is 12.8 Å². The molecule has 0 bridgehead atoms. The number of hydrogen-bond donors (Lipinski definition) is 1. The summed E-state index contributed by atoms with van der Waals surface area (Å²) in [5, 5.41) is 17.7. The van der Waals surface area contributed by atoms with Gasteiger partial charge < -0.3 is 9.84 Å². The SMILES string of the molecule is N#Cc1cncc(C(=O)O)c1OC1CC1. The molecule has 15 heavy (non-hydrogen) atoms. The summed E-state index contributed by atoms with van der Waals surface area (Å²) >= 11 is 0. The normalized spacial score (nSPS) is 14.3. The molecule has 2 rings (SSSR count). The molecule has 5 heteroatoms. The number of rotatable bonds is 3. The van der Waals surface area contributed by atoms with Gasteiger partial charge in [0.2, 0.25) is 0 Å². The van der Waals surface area contributed by atoms with E-state index < -0.39 is 5.97 Å². The number of hydrogen-bond acceptors (Lipinski definition) is 4. The summed E-state index contributed by atoms with van der Waals surface area (Å²) in [5.41, 5.74) is 0.114. The maximum Gasteiger partial charge on any atom is 0.341 e. The van der Waals surface area contributed by atoms with E-state index in [4.69, 9.17) is 15.1 Å². The van der Waals surface area contributed by atoms with E-state index in [9.17, 15) is 4.79 Å². The van der Waals surface area contributed by atoms with Crippen molar-refractivity contribution >= 4 is 5.97 Å². The Balaban J connectivity index is 2.44. The van der Waals surface area contributed by atoms with E-state index in [0.717, 1.165) is 12.8 Å². The smallest absolute Gasteiger partial charge is 0.341 e. The molecule has 1 saturated carbocycles. The van der Waals surface area contributed by atoms with E-state index >= 15 is 0 Å². The number of aromatic nitrogens is 1. The summed E-state index contributed by atoms with van der Waals surface area (Å²) in [6.45, 7) is 0. The molecule has 76 valence electrons. The fraction of sp³-hybridized carbons (Fsp3) is 0.300. The highest BCUT2D eigenvalue weighted by Gasteiger charge is 2.27. The lowest BCUT2D eigenvalue weighted by Crippen LogP contribution is -2.07. The molecule has 0 aliphatic heterocycles. The topological polar surface area (TPSA) is 83.2 Å². The molecule has 1 N–H and O–H groups in total. The molecule has 0 unspecified atom stereocenters. The van der Waals surface area contributed by atoms with Crippen molar-refractivity contribution in [3.05, 3.63) is 23.5 Å². The molecule has 1 aromatic heterocycles. The molecule has 5 nitrogen and oxygen atoms in total.